The average Bonchev–Trinajstić information content (AvgIpc) is 2.36. The maximum absolute atomic E-state index is 12.0. The van der Waals surface area contributed by atoms with Gasteiger partial charge in [0.25, 0.3) is 0 Å². The summed E-state index contributed by atoms with van der Waals surface area (Å²) in [6.45, 7) is 2.01. The molecular weight excluding hydrogens is 266 g/mol. The maximum Gasteiger partial charge on any atom is 0.307 e. The summed E-state index contributed by atoms with van der Waals surface area (Å²) in [7, 11) is -3.29. The zero-order chi connectivity index (χ0) is 14.1. The molecule has 0 amide bonds. The van der Waals surface area contributed by atoms with Crippen LogP contribution in [0.25, 0.3) is 0 Å². The second-order valence-corrected chi connectivity index (χ2v) is 6.78. The van der Waals surface area contributed by atoms with Crippen LogP contribution >= 0.6 is 0 Å². The van der Waals surface area contributed by atoms with Crippen LogP contribution in [0.15, 0.2) is 29.2 Å². The molecule has 1 heterocycles. The minimum atomic E-state index is -3.29. The van der Waals surface area contributed by atoms with Gasteiger partial charge in [0.2, 0.25) is 0 Å². The van der Waals surface area contributed by atoms with Crippen molar-refractivity contribution in [2.75, 3.05) is 12.4 Å². The van der Waals surface area contributed by atoms with Crippen LogP contribution in [0, 0.1) is 0 Å². The molecule has 0 saturated carbocycles. The number of ether oxygens (including phenoxy) is 1. The molecule has 19 heavy (non-hydrogen) atoms. The Morgan fingerprint density at radius 2 is 2.11 bits per heavy atom. The van der Waals surface area contributed by atoms with Gasteiger partial charge in [0.15, 0.2) is 9.84 Å². The van der Waals surface area contributed by atoms with Crippen LogP contribution in [0.1, 0.15) is 25.3 Å². The van der Waals surface area contributed by atoms with E-state index in [2.05, 4.69) is 0 Å². The fourth-order valence-corrected chi connectivity index (χ4v) is 4.11. The third-order valence-corrected chi connectivity index (χ3v) is 5.11. The molecule has 104 valence electrons. The summed E-state index contributed by atoms with van der Waals surface area (Å²) in [5.74, 6) is -0.445. The van der Waals surface area contributed by atoms with E-state index in [1.165, 1.54) is 6.07 Å². The van der Waals surface area contributed by atoms with Crippen molar-refractivity contribution >= 4 is 15.8 Å². The van der Waals surface area contributed by atoms with Crippen molar-refractivity contribution < 1.29 is 17.9 Å². The van der Waals surface area contributed by atoms with Gasteiger partial charge in [-0.15, -0.1) is 0 Å². The standard InChI is InChI=1S/C13H17NO4S/c1-2-18-12(15)9-13(14)7-8-19(16,17)11-6-4-3-5-10(11)13/h3-6H,2,7-9,14H2,1H3. The van der Waals surface area contributed by atoms with Gasteiger partial charge < -0.3 is 10.5 Å². The van der Waals surface area contributed by atoms with Crippen LogP contribution in [-0.4, -0.2) is 26.7 Å². The zero-order valence-corrected chi connectivity index (χ0v) is 11.6. The first kappa shape index (κ1) is 14.0. The molecule has 1 unspecified atom stereocenters. The molecule has 2 N–H and O–H groups in total. The van der Waals surface area contributed by atoms with Crippen molar-refractivity contribution in [1.29, 1.82) is 0 Å². The highest BCUT2D eigenvalue weighted by molar-refractivity contribution is 7.91. The van der Waals surface area contributed by atoms with Crippen LogP contribution in [0.3, 0.4) is 0 Å². The monoisotopic (exact) mass is 283 g/mol. The number of rotatable bonds is 3. The molecule has 1 aromatic carbocycles. The Balaban J connectivity index is 2.42. The molecule has 0 aromatic heterocycles. The van der Waals surface area contributed by atoms with E-state index in [1.54, 1.807) is 25.1 Å². The largest absolute Gasteiger partial charge is 0.466 e. The van der Waals surface area contributed by atoms with Crippen molar-refractivity contribution in [1.82, 2.24) is 0 Å². The quantitative estimate of drug-likeness (QED) is 0.835. The topological polar surface area (TPSA) is 86.5 Å². The normalized spacial score (nSPS) is 24.5. The van der Waals surface area contributed by atoms with Crippen LogP contribution in [-0.2, 0) is 24.9 Å². The fourth-order valence-electron chi connectivity index (χ4n) is 2.36. The lowest BCUT2D eigenvalue weighted by molar-refractivity contribution is -0.144. The highest BCUT2D eigenvalue weighted by atomic mass is 32.2. The van der Waals surface area contributed by atoms with Crippen LogP contribution < -0.4 is 5.73 Å². The highest BCUT2D eigenvalue weighted by Gasteiger charge is 2.40. The third-order valence-electron chi connectivity index (χ3n) is 3.34. The second-order valence-electron chi connectivity index (χ2n) is 4.70. The Bertz CT molecular complexity index is 596. The number of fused-ring (bicyclic) bond motifs is 1. The van der Waals surface area contributed by atoms with Gasteiger partial charge >= 0.3 is 5.97 Å². The van der Waals surface area contributed by atoms with Gasteiger partial charge in [-0.05, 0) is 25.0 Å². The number of sulfone groups is 1. The summed E-state index contributed by atoms with van der Waals surface area (Å²) in [6.07, 6.45) is 0.221. The van der Waals surface area contributed by atoms with E-state index >= 15 is 0 Å². The highest BCUT2D eigenvalue weighted by Crippen LogP contribution is 2.37. The van der Waals surface area contributed by atoms with Crippen molar-refractivity contribution in [3.05, 3.63) is 29.8 Å². The summed E-state index contributed by atoms with van der Waals surface area (Å²) in [5, 5.41) is 0. The Labute approximate surface area is 112 Å². The van der Waals surface area contributed by atoms with E-state index in [0.29, 0.717) is 5.56 Å². The average molecular weight is 283 g/mol. The van der Waals surface area contributed by atoms with E-state index in [4.69, 9.17) is 10.5 Å². The molecule has 2 rings (SSSR count). The maximum atomic E-state index is 12.0. The van der Waals surface area contributed by atoms with Gasteiger partial charge in [-0.25, -0.2) is 8.42 Å². The van der Waals surface area contributed by atoms with Gasteiger partial charge in [0.05, 0.1) is 29.2 Å². The molecule has 0 fully saturated rings. The molecule has 1 atom stereocenters. The first-order valence-corrected chi connectivity index (χ1v) is 7.81. The lowest BCUT2D eigenvalue weighted by Gasteiger charge is -2.34. The summed E-state index contributed by atoms with van der Waals surface area (Å²) in [6, 6.07) is 6.60. The van der Waals surface area contributed by atoms with Gasteiger partial charge in [-0.1, -0.05) is 18.2 Å². The number of carbonyl (C=O) groups excluding carboxylic acids is 1. The molecular formula is C13H17NO4S. The molecule has 6 heteroatoms. The second kappa shape index (κ2) is 4.94. The predicted octanol–water partition coefficient (Wildman–Crippen LogP) is 0.971. The van der Waals surface area contributed by atoms with Crippen molar-refractivity contribution in [2.45, 2.75) is 30.2 Å². The first-order chi connectivity index (χ1) is 8.89. The Kier molecular flexibility index (Phi) is 3.64. The van der Waals surface area contributed by atoms with Crippen molar-refractivity contribution in [3.8, 4) is 0 Å². The van der Waals surface area contributed by atoms with Crippen LogP contribution in [0.4, 0.5) is 0 Å². The number of hydrogen-bond donors (Lipinski definition) is 1. The SMILES string of the molecule is CCOC(=O)CC1(N)CCS(=O)(=O)c2ccccc21. The number of hydrogen-bond acceptors (Lipinski definition) is 5. The molecule has 0 radical (unpaired) electrons. The summed E-state index contributed by atoms with van der Waals surface area (Å²) in [5.41, 5.74) is 5.80. The Hall–Kier alpha value is -1.40. The number of carbonyl (C=O) groups is 1. The number of esters is 1. The Morgan fingerprint density at radius 3 is 2.79 bits per heavy atom. The van der Waals surface area contributed by atoms with Gasteiger partial charge in [0, 0.05) is 0 Å². The van der Waals surface area contributed by atoms with Gasteiger partial charge in [-0.2, -0.15) is 0 Å². The minimum Gasteiger partial charge on any atom is -0.466 e. The molecule has 0 saturated heterocycles. The number of nitrogens with two attached hydrogens (primary N) is 1. The molecule has 5 nitrogen and oxygen atoms in total. The third kappa shape index (κ3) is 2.64. The van der Waals surface area contributed by atoms with E-state index < -0.39 is 21.3 Å². The summed E-state index contributed by atoms with van der Waals surface area (Å²) < 4.78 is 28.9. The minimum absolute atomic E-state index is 0.00657. The molecule has 0 bridgehead atoms. The predicted molar refractivity (Wildman–Crippen MR) is 70.2 cm³/mol. The molecule has 1 aliphatic heterocycles. The molecule has 1 aromatic rings. The zero-order valence-electron chi connectivity index (χ0n) is 10.8. The van der Waals surface area contributed by atoms with Crippen LogP contribution in [0.2, 0.25) is 0 Å². The van der Waals surface area contributed by atoms with E-state index in [1.807, 2.05) is 0 Å². The van der Waals surface area contributed by atoms with Crippen LogP contribution in [0.5, 0.6) is 0 Å². The fraction of sp³-hybridized carbons (Fsp3) is 0.462. The summed E-state index contributed by atoms with van der Waals surface area (Å²) in [4.78, 5) is 11.9. The first-order valence-electron chi connectivity index (χ1n) is 6.16. The summed E-state index contributed by atoms with van der Waals surface area (Å²) >= 11 is 0. The smallest absolute Gasteiger partial charge is 0.307 e. The van der Waals surface area contributed by atoms with Crippen molar-refractivity contribution in [2.24, 2.45) is 5.73 Å². The van der Waals surface area contributed by atoms with Crippen molar-refractivity contribution in [3.63, 3.8) is 0 Å². The van der Waals surface area contributed by atoms with E-state index in [9.17, 15) is 13.2 Å². The lowest BCUT2D eigenvalue weighted by atomic mass is 9.85. The molecule has 1 aliphatic rings. The molecule has 0 spiro atoms. The lowest BCUT2D eigenvalue weighted by Crippen LogP contribution is -2.45. The Morgan fingerprint density at radius 1 is 1.42 bits per heavy atom. The molecule has 0 aliphatic carbocycles. The van der Waals surface area contributed by atoms with Gasteiger partial charge in [0.1, 0.15) is 0 Å². The number of benzene rings is 1. The van der Waals surface area contributed by atoms with E-state index in [-0.39, 0.29) is 30.1 Å². The van der Waals surface area contributed by atoms with E-state index in [0.717, 1.165) is 0 Å². The van der Waals surface area contributed by atoms with Gasteiger partial charge in [-0.3, -0.25) is 4.79 Å².